The number of carbonyl (C=O) groups excluding carboxylic acids is 1. The molecule has 0 radical (unpaired) electrons. The molecule has 2 aromatic rings. The van der Waals surface area contributed by atoms with E-state index in [1.165, 1.54) is 0 Å². The van der Waals surface area contributed by atoms with E-state index < -0.39 is 36.1 Å². The van der Waals surface area contributed by atoms with Crippen LogP contribution in [-0.4, -0.2) is 39.2 Å². The van der Waals surface area contributed by atoms with Gasteiger partial charge in [-0.05, 0) is 43.6 Å². The summed E-state index contributed by atoms with van der Waals surface area (Å²) in [5.41, 5.74) is 1.08. The lowest BCUT2D eigenvalue weighted by Gasteiger charge is -2.22. The molecule has 2 unspecified atom stereocenters. The molecule has 2 atom stereocenters. The average molecular weight is 427 g/mol. The maximum atomic E-state index is 14.3. The van der Waals surface area contributed by atoms with Crippen molar-refractivity contribution >= 4 is 18.1 Å². The molecule has 0 aliphatic carbocycles. The highest BCUT2D eigenvalue weighted by Gasteiger charge is 2.35. The number of likely N-dealkylation sites (tertiary alicyclic amines) is 1. The molecule has 156 valence electrons. The molecule has 2 aliphatic rings. The fraction of sp³-hybridized carbons (Fsp3) is 0.500. The van der Waals surface area contributed by atoms with Gasteiger partial charge in [0.1, 0.15) is 12.5 Å². The fourth-order valence-electron chi connectivity index (χ4n) is 4.60. The monoisotopic (exact) mass is 427 g/mol. The van der Waals surface area contributed by atoms with Gasteiger partial charge in [0.15, 0.2) is 16.4 Å². The molecule has 1 aromatic carbocycles. The molecule has 4 nitrogen and oxygen atoms in total. The number of fused-ring (bicyclic) bond motifs is 1. The topological polar surface area (TPSA) is 30.2 Å². The predicted molar refractivity (Wildman–Crippen MR) is 101 cm³/mol. The maximum absolute atomic E-state index is 14.3. The maximum Gasteiger partial charge on any atom is 0.228 e. The van der Waals surface area contributed by atoms with Gasteiger partial charge >= 0.3 is 0 Å². The van der Waals surface area contributed by atoms with Gasteiger partial charge in [0.05, 0.1) is 12.5 Å². The van der Waals surface area contributed by atoms with Crippen molar-refractivity contribution < 1.29 is 22.4 Å². The van der Waals surface area contributed by atoms with Gasteiger partial charge in [-0.3, -0.25) is 4.79 Å². The third-order valence-corrected chi connectivity index (χ3v) is 6.60. The van der Waals surface area contributed by atoms with Crippen molar-refractivity contribution in [3.05, 3.63) is 51.3 Å². The van der Waals surface area contributed by atoms with E-state index in [2.05, 4.69) is 0 Å². The highest BCUT2D eigenvalue weighted by Crippen LogP contribution is 2.36. The van der Waals surface area contributed by atoms with E-state index in [1.807, 2.05) is 0 Å². The molecule has 1 saturated heterocycles. The third kappa shape index (κ3) is 3.29. The highest BCUT2D eigenvalue weighted by molar-refractivity contribution is 7.71. The molecule has 0 bridgehead atoms. The van der Waals surface area contributed by atoms with Crippen LogP contribution in [-0.2, 0) is 31.2 Å². The SMILES string of the molecule is Cn1c(CC(=O)N2CCCC2CF)c2n(c1=S)CC(c1c(F)ccc(F)c1F)C2. The summed E-state index contributed by atoms with van der Waals surface area (Å²) in [6.07, 6.45) is 1.71. The summed E-state index contributed by atoms with van der Waals surface area (Å²) in [5, 5.41) is 0. The van der Waals surface area contributed by atoms with Crippen LogP contribution >= 0.6 is 12.2 Å². The second-order valence-electron chi connectivity index (χ2n) is 7.72. The van der Waals surface area contributed by atoms with Crippen LogP contribution in [0.1, 0.15) is 35.7 Å². The molecule has 0 saturated carbocycles. The Bertz CT molecular complexity index is 1030. The van der Waals surface area contributed by atoms with E-state index in [4.69, 9.17) is 12.2 Å². The number of benzene rings is 1. The Morgan fingerprint density at radius 1 is 1.24 bits per heavy atom. The van der Waals surface area contributed by atoms with Crippen LogP contribution < -0.4 is 0 Å². The Labute approximate surface area is 170 Å². The first-order chi connectivity index (χ1) is 13.8. The Hall–Kier alpha value is -2.16. The van der Waals surface area contributed by atoms with Crippen LogP contribution in [0.25, 0.3) is 0 Å². The summed E-state index contributed by atoms with van der Waals surface area (Å²) in [6.45, 7) is 0.165. The van der Waals surface area contributed by atoms with E-state index in [0.717, 1.165) is 24.2 Å². The van der Waals surface area contributed by atoms with E-state index in [0.29, 0.717) is 23.4 Å². The first-order valence-corrected chi connectivity index (χ1v) is 10.00. The number of hydrogen-bond acceptors (Lipinski definition) is 2. The van der Waals surface area contributed by atoms with E-state index >= 15 is 0 Å². The number of aromatic nitrogens is 2. The van der Waals surface area contributed by atoms with Crippen molar-refractivity contribution in [1.29, 1.82) is 0 Å². The molecular weight excluding hydrogens is 406 g/mol. The number of alkyl halides is 1. The molecule has 3 heterocycles. The summed E-state index contributed by atoms with van der Waals surface area (Å²) in [7, 11) is 1.74. The number of imidazole rings is 1. The van der Waals surface area contributed by atoms with Crippen molar-refractivity contribution in [3.63, 3.8) is 0 Å². The first kappa shape index (κ1) is 20.1. The Morgan fingerprint density at radius 2 is 1.97 bits per heavy atom. The zero-order chi connectivity index (χ0) is 20.9. The quantitative estimate of drug-likeness (QED) is 0.422. The van der Waals surface area contributed by atoms with E-state index in [9.17, 15) is 22.4 Å². The third-order valence-electron chi connectivity index (χ3n) is 6.11. The Morgan fingerprint density at radius 3 is 2.69 bits per heavy atom. The summed E-state index contributed by atoms with van der Waals surface area (Å²) < 4.78 is 59.3. The molecular formula is C20H21F4N3OS. The van der Waals surface area contributed by atoms with Gasteiger partial charge in [-0.25, -0.2) is 17.6 Å². The van der Waals surface area contributed by atoms with E-state index in [1.54, 1.807) is 21.1 Å². The number of hydrogen-bond donors (Lipinski definition) is 0. The van der Waals surface area contributed by atoms with Crippen molar-refractivity contribution in [3.8, 4) is 0 Å². The summed E-state index contributed by atoms with van der Waals surface area (Å²) >= 11 is 5.45. The standard InChI is InChI=1S/C20H21F4N3OS/c1-25-15(8-17(28)26-6-2-3-12(26)9-21)16-7-11(10-27(16)20(25)29)18-13(22)4-5-14(23)19(18)24/h4-5,11-12H,2-3,6-10H2,1H3. The number of rotatable bonds is 4. The Kier molecular flexibility index (Phi) is 5.27. The minimum absolute atomic E-state index is 0.0415. The highest BCUT2D eigenvalue weighted by atomic mass is 32.1. The Balaban J connectivity index is 1.64. The first-order valence-electron chi connectivity index (χ1n) is 9.59. The molecule has 4 rings (SSSR count). The number of carbonyl (C=O) groups is 1. The normalized spacial score (nSPS) is 21.1. The van der Waals surface area contributed by atoms with Crippen LogP contribution in [0.5, 0.6) is 0 Å². The molecule has 2 aliphatic heterocycles. The molecule has 0 spiro atoms. The molecule has 9 heteroatoms. The summed E-state index contributed by atoms with van der Waals surface area (Å²) in [5.74, 6) is -3.87. The van der Waals surface area contributed by atoms with Gasteiger partial charge in [0.2, 0.25) is 5.91 Å². The van der Waals surface area contributed by atoms with Crippen molar-refractivity contribution in [1.82, 2.24) is 14.0 Å². The molecule has 1 amide bonds. The molecule has 0 N–H and O–H groups in total. The second kappa shape index (κ2) is 7.59. The number of amides is 1. The van der Waals surface area contributed by atoms with Gasteiger partial charge in [0, 0.05) is 43.0 Å². The van der Waals surface area contributed by atoms with Crippen molar-refractivity contribution in [2.75, 3.05) is 13.2 Å². The van der Waals surface area contributed by atoms with Crippen LogP contribution in [0.4, 0.5) is 17.6 Å². The van der Waals surface area contributed by atoms with E-state index in [-0.39, 0.29) is 30.9 Å². The largest absolute Gasteiger partial charge is 0.337 e. The summed E-state index contributed by atoms with van der Waals surface area (Å²) in [6, 6.07) is 1.29. The van der Waals surface area contributed by atoms with Crippen molar-refractivity contribution in [2.45, 2.75) is 44.2 Å². The number of nitrogens with zero attached hydrogens (tertiary/aromatic N) is 3. The lowest BCUT2D eigenvalue weighted by atomic mass is 9.95. The van der Waals surface area contributed by atoms with Gasteiger partial charge in [-0.15, -0.1) is 0 Å². The van der Waals surface area contributed by atoms with Gasteiger partial charge in [-0.1, -0.05) is 0 Å². The lowest BCUT2D eigenvalue weighted by molar-refractivity contribution is -0.131. The summed E-state index contributed by atoms with van der Waals surface area (Å²) in [4.78, 5) is 14.3. The molecule has 1 aromatic heterocycles. The van der Waals surface area contributed by atoms with Gasteiger partial charge in [0.25, 0.3) is 0 Å². The van der Waals surface area contributed by atoms with Crippen molar-refractivity contribution in [2.24, 2.45) is 7.05 Å². The van der Waals surface area contributed by atoms with Crippen LogP contribution in [0.3, 0.4) is 0 Å². The van der Waals surface area contributed by atoms with Gasteiger partial charge in [-0.2, -0.15) is 0 Å². The zero-order valence-electron chi connectivity index (χ0n) is 15.9. The molecule has 29 heavy (non-hydrogen) atoms. The minimum atomic E-state index is -1.18. The number of halogens is 4. The van der Waals surface area contributed by atoms with Crippen LogP contribution in [0.15, 0.2) is 12.1 Å². The van der Waals surface area contributed by atoms with Crippen LogP contribution in [0, 0.1) is 22.2 Å². The van der Waals surface area contributed by atoms with Gasteiger partial charge < -0.3 is 14.0 Å². The fourth-order valence-corrected chi connectivity index (χ4v) is 4.89. The lowest BCUT2D eigenvalue weighted by Crippen LogP contribution is -2.38. The second-order valence-corrected chi connectivity index (χ2v) is 8.08. The minimum Gasteiger partial charge on any atom is -0.337 e. The molecule has 1 fully saturated rings. The average Bonchev–Trinajstić information content (AvgIpc) is 3.39. The van der Waals surface area contributed by atoms with Crippen LogP contribution in [0.2, 0.25) is 0 Å². The predicted octanol–water partition coefficient (Wildman–Crippen LogP) is 3.82. The zero-order valence-corrected chi connectivity index (χ0v) is 16.7. The smallest absolute Gasteiger partial charge is 0.228 e.